The van der Waals surface area contributed by atoms with Crippen LogP contribution in [0.25, 0.3) is 0 Å². The molecular formula is C27H36N2O6. The van der Waals surface area contributed by atoms with E-state index in [0.29, 0.717) is 24.3 Å². The second kappa shape index (κ2) is 11.6. The second-order valence-electron chi connectivity index (χ2n) is 10.6. The lowest BCUT2D eigenvalue weighted by Crippen LogP contribution is -2.49. The Morgan fingerprint density at radius 3 is 2.40 bits per heavy atom. The third-order valence-corrected chi connectivity index (χ3v) is 6.78. The number of ether oxygens (including phenoxy) is 3. The number of hydrogen-bond donors (Lipinski definition) is 1. The Kier molecular flexibility index (Phi) is 8.76. The van der Waals surface area contributed by atoms with Crippen LogP contribution in [0.15, 0.2) is 24.3 Å². The summed E-state index contributed by atoms with van der Waals surface area (Å²) in [5, 5.41) is 12.1. The van der Waals surface area contributed by atoms with E-state index in [9.17, 15) is 14.4 Å². The lowest BCUT2D eigenvalue weighted by atomic mass is 9.78. The van der Waals surface area contributed by atoms with Crippen molar-refractivity contribution in [1.82, 2.24) is 5.32 Å². The summed E-state index contributed by atoms with van der Waals surface area (Å²) in [4.78, 5) is 38.3. The van der Waals surface area contributed by atoms with E-state index in [4.69, 9.17) is 19.5 Å². The molecule has 8 heteroatoms. The fourth-order valence-corrected chi connectivity index (χ4v) is 5.18. The molecule has 2 aliphatic rings. The molecule has 4 atom stereocenters. The quantitative estimate of drug-likeness (QED) is 0.349. The second-order valence-corrected chi connectivity index (χ2v) is 10.6. The van der Waals surface area contributed by atoms with Gasteiger partial charge in [0.2, 0.25) is 0 Å². The van der Waals surface area contributed by atoms with E-state index in [1.165, 1.54) is 13.5 Å². The maximum atomic E-state index is 12.9. The average molecular weight is 485 g/mol. The van der Waals surface area contributed by atoms with Crippen LogP contribution in [0.2, 0.25) is 0 Å². The minimum absolute atomic E-state index is 0.360. The molecule has 190 valence electrons. The van der Waals surface area contributed by atoms with Gasteiger partial charge in [-0.05, 0) is 57.2 Å². The zero-order valence-corrected chi connectivity index (χ0v) is 21.0. The lowest BCUT2D eigenvalue weighted by molar-refractivity contribution is -0.155. The summed E-state index contributed by atoms with van der Waals surface area (Å²) < 4.78 is 16.2. The molecule has 0 bridgehead atoms. The topological polar surface area (TPSA) is 115 Å². The number of amides is 1. The first-order valence-corrected chi connectivity index (χ1v) is 12.4. The molecule has 1 amide bonds. The van der Waals surface area contributed by atoms with Crippen LogP contribution in [0.3, 0.4) is 0 Å². The number of esters is 2. The first kappa shape index (κ1) is 26.5. The van der Waals surface area contributed by atoms with Crippen molar-refractivity contribution in [2.24, 2.45) is 17.8 Å². The molecule has 2 unspecified atom stereocenters. The van der Waals surface area contributed by atoms with Gasteiger partial charge in [-0.25, -0.2) is 4.79 Å². The van der Waals surface area contributed by atoms with E-state index in [-0.39, 0.29) is 0 Å². The largest absolute Gasteiger partial charge is 0.468 e. The molecule has 1 heterocycles. The highest BCUT2D eigenvalue weighted by Gasteiger charge is 2.52. The number of nitriles is 1. The zero-order valence-electron chi connectivity index (χ0n) is 21.0. The monoisotopic (exact) mass is 484 g/mol. The Bertz CT molecular complexity index is 940. The number of nitrogens with one attached hydrogen (secondary N) is 1. The van der Waals surface area contributed by atoms with Crippen LogP contribution in [0, 0.1) is 29.1 Å². The summed E-state index contributed by atoms with van der Waals surface area (Å²) >= 11 is 0. The minimum Gasteiger partial charge on any atom is -0.468 e. The highest BCUT2D eigenvalue weighted by Crippen LogP contribution is 2.37. The maximum Gasteiger partial charge on any atom is 0.408 e. The van der Waals surface area contributed by atoms with Crippen molar-refractivity contribution in [2.45, 2.75) is 83.5 Å². The summed E-state index contributed by atoms with van der Waals surface area (Å²) in [7, 11) is 1.25. The predicted octanol–water partition coefficient (Wildman–Crippen LogP) is 4.30. The highest BCUT2D eigenvalue weighted by atomic mass is 16.6. The summed E-state index contributed by atoms with van der Waals surface area (Å²) in [5.74, 6) is -2.53. The van der Waals surface area contributed by atoms with Crippen LogP contribution in [-0.4, -0.2) is 42.9 Å². The third-order valence-electron chi connectivity index (χ3n) is 6.78. The lowest BCUT2D eigenvalue weighted by Gasteiger charge is -2.33. The van der Waals surface area contributed by atoms with Gasteiger partial charge in [0.25, 0.3) is 0 Å². The smallest absolute Gasteiger partial charge is 0.408 e. The molecule has 2 fully saturated rings. The third kappa shape index (κ3) is 7.20. The Morgan fingerprint density at radius 2 is 1.83 bits per heavy atom. The Hall–Kier alpha value is -3.08. The zero-order chi connectivity index (χ0) is 25.6. The van der Waals surface area contributed by atoms with E-state index in [1.54, 1.807) is 32.9 Å². The molecule has 1 aromatic carbocycles. The van der Waals surface area contributed by atoms with Crippen LogP contribution in [0.4, 0.5) is 4.79 Å². The van der Waals surface area contributed by atoms with Crippen molar-refractivity contribution in [1.29, 1.82) is 5.26 Å². The molecule has 0 spiro atoms. The van der Waals surface area contributed by atoms with Crippen molar-refractivity contribution in [2.75, 3.05) is 7.11 Å². The maximum absolute atomic E-state index is 12.9. The number of methoxy groups -OCH3 is 1. The first-order valence-electron chi connectivity index (χ1n) is 12.4. The molecule has 1 saturated heterocycles. The summed E-state index contributed by atoms with van der Waals surface area (Å²) in [6, 6.07) is 8.61. The van der Waals surface area contributed by atoms with Gasteiger partial charge in [-0.1, -0.05) is 44.2 Å². The minimum atomic E-state index is -1.09. The van der Waals surface area contributed by atoms with Crippen molar-refractivity contribution in [3.05, 3.63) is 35.4 Å². The standard InChI is InChI=1S/C27H36N2O6/c1-27(2,3)35-26(32)29-21(15-17-8-6-5-7-9-17)23-20(22(24(30)33-4)25(31)34-23)14-18-10-12-19(16-28)13-11-18/h10-13,17,20-23H,5-9,14-15H2,1-4H3,(H,29,32)/t20?,21-,22?,23-/m0/s1. The molecule has 1 aliphatic heterocycles. The molecule has 1 N–H and O–H groups in total. The molecule has 35 heavy (non-hydrogen) atoms. The molecule has 1 saturated carbocycles. The van der Waals surface area contributed by atoms with Crippen LogP contribution >= 0.6 is 0 Å². The van der Waals surface area contributed by atoms with Gasteiger partial charge in [-0.15, -0.1) is 0 Å². The van der Waals surface area contributed by atoms with Crippen LogP contribution in [-0.2, 0) is 30.2 Å². The fraction of sp³-hybridized carbons (Fsp3) is 0.630. The van der Waals surface area contributed by atoms with Gasteiger partial charge < -0.3 is 19.5 Å². The molecular weight excluding hydrogens is 448 g/mol. The highest BCUT2D eigenvalue weighted by molar-refractivity contribution is 5.97. The van der Waals surface area contributed by atoms with Gasteiger partial charge in [-0.2, -0.15) is 5.26 Å². The van der Waals surface area contributed by atoms with E-state index < -0.39 is 47.6 Å². The van der Waals surface area contributed by atoms with Crippen molar-refractivity contribution >= 4 is 18.0 Å². The van der Waals surface area contributed by atoms with Gasteiger partial charge in [0.05, 0.1) is 24.8 Å². The molecule has 1 aliphatic carbocycles. The first-order chi connectivity index (χ1) is 16.6. The van der Waals surface area contributed by atoms with Gasteiger partial charge >= 0.3 is 18.0 Å². The molecule has 0 aromatic heterocycles. The number of alkyl carbamates (subject to hydrolysis) is 1. The van der Waals surface area contributed by atoms with Crippen LogP contribution in [0.5, 0.6) is 0 Å². The van der Waals surface area contributed by atoms with Gasteiger partial charge in [0.1, 0.15) is 11.7 Å². The number of cyclic esters (lactones) is 1. The Labute approximate surface area is 207 Å². The number of benzene rings is 1. The van der Waals surface area contributed by atoms with Gasteiger partial charge in [-0.3, -0.25) is 9.59 Å². The Morgan fingerprint density at radius 1 is 1.17 bits per heavy atom. The number of nitrogens with zero attached hydrogens (tertiary/aromatic N) is 1. The van der Waals surface area contributed by atoms with Crippen LogP contribution in [0.1, 0.15) is 70.4 Å². The molecule has 1 aromatic rings. The SMILES string of the molecule is COC(=O)C1C(=O)O[C@H]([C@H](CC2CCCCC2)NC(=O)OC(C)(C)C)C1Cc1ccc(C#N)cc1. The number of carbonyl (C=O) groups excluding carboxylic acids is 3. The van der Waals surface area contributed by atoms with E-state index in [0.717, 1.165) is 31.2 Å². The van der Waals surface area contributed by atoms with Crippen molar-refractivity contribution in [3.8, 4) is 6.07 Å². The summed E-state index contributed by atoms with van der Waals surface area (Å²) in [6.45, 7) is 5.37. The van der Waals surface area contributed by atoms with Crippen molar-refractivity contribution in [3.63, 3.8) is 0 Å². The fourth-order valence-electron chi connectivity index (χ4n) is 5.18. The van der Waals surface area contributed by atoms with Crippen LogP contribution < -0.4 is 5.32 Å². The summed E-state index contributed by atoms with van der Waals surface area (Å²) in [5.41, 5.74) is 0.706. The van der Waals surface area contributed by atoms with Crippen molar-refractivity contribution < 1.29 is 28.6 Å². The normalized spacial score (nSPS) is 23.6. The predicted molar refractivity (Wildman–Crippen MR) is 128 cm³/mol. The summed E-state index contributed by atoms with van der Waals surface area (Å²) in [6.07, 6.45) is 5.27. The number of hydrogen-bond acceptors (Lipinski definition) is 7. The number of rotatable bonds is 7. The van der Waals surface area contributed by atoms with E-state index in [1.807, 2.05) is 12.1 Å². The number of carbonyl (C=O) groups is 3. The molecule has 3 rings (SSSR count). The van der Waals surface area contributed by atoms with E-state index in [2.05, 4.69) is 11.4 Å². The molecule has 0 radical (unpaired) electrons. The average Bonchev–Trinajstić information content (AvgIpc) is 3.13. The Balaban J connectivity index is 1.90. The van der Waals surface area contributed by atoms with Gasteiger partial charge in [0.15, 0.2) is 5.92 Å². The molecule has 8 nitrogen and oxygen atoms in total. The van der Waals surface area contributed by atoms with Gasteiger partial charge in [0, 0.05) is 5.92 Å². The van der Waals surface area contributed by atoms with E-state index >= 15 is 0 Å².